The van der Waals surface area contributed by atoms with Gasteiger partial charge in [-0.15, -0.1) is 0 Å². The summed E-state index contributed by atoms with van der Waals surface area (Å²) in [6, 6.07) is 0. The maximum absolute atomic E-state index is 10.5. The maximum atomic E-state index is 10.5. The molecule has 12 heavy (non-hydrogen) atoms. The van der Waals surface area contributed by atoms with Gasteiger partial charge in [-0.05, 0) is 12.8 Å². The van der Waals surface area contributed by atoms with Gasteiger partial charge < -0.3 is 20.4 Å². The van der Waals surface area contributed by atoms with Gasteiger partial charge in [0.2, 0.25) is 0 Å². The maximum Gasteiger partial charge on any atom is 0.335 e. The molecular formula is C7H12O5. The summed E-state index contributed by atoms with van der Waals surface area (Å²) in [6.45, 7) is 0. The molecule has 0 spiro atoms. The molecule has 1 unspecified atom stereocenters. The standard InChI is InChI=1S/C7H12O5/c8-4-1-2-7(12,6(10)11)3-5(4)9/h4-5,8-9,12H,1-3H2,(H,10,11)/t4-,5-,7?/m1/s1. The molecule has 0 aromatic carbocycles. The molecule has 1 fully saturated rings. The Hall–Kier alpha value is -0.650. The van der Waals surface area contributed by atoms with Gasteiger partial charge >= 0.3 is 5.97 Å². The Kier molecular flexibility index (Phi) is 2.36. The summed E-state index contributed by atoms with van der Waals surface area (Å²) in [4.78, 5) is 10.5. The molecular weight excluding hydrogens is 164 g/mol. The Labute approximate surface area is 69.3 Å². The SMILES string of the molecule is O=C(O)C1(O)CC[C@@H](O)[C@H](O)C1. The van der Waals surface area contributed by atoms with Crippen molar-refractivity contribution in [2.24, 2.45) is 0 Å². The zero-order valence-corrected chi connectivity index (χ0v) is 6.47. The van der Waals surface area contributed by atoms with Crippen LogP contribution in [0.15, 0.2) is 0 Å². The lowest BCUT2D eigenvalue weighted by atomic mass is 9.82. The lowest BCUT2D eigenvalue weighted by molar-refractivity contribution is -0.171. The number of aliphatic carboxylic acids is 1. The van der Waals surface area contributed by atoms with Crippen LogP contribution in [0.2, 0.25) is 0 Å². The summed E-state index contributed by atoms with van der Waals surface area (Å²) in [6.07, 6.45) is -2.25. The number of carboxylic acids is 1. The molecule has 0 radical (unpaired) electrons. The lowest BCUT2D eigenvalue weighted by Crippen LogP contribution is -2.49. The van der Waals surface area contributed by atoms with Gasteiger partial charge in [0.15, 0.2) is 5.60 Å². The van der Waals surface area contributed by atoms with E-state index in [2.05, 4.69) is 0 Å². The summed E-state index contributed by atoms with van der Waals surface area (Å²) in [5, 5.41) is 36.1. The summed E-state index contributed by atoms with van der Waals surface area (Å²) in [5.74, 6) is -1.34. The molecule has 0 bridgehead atoms. The van der Waals surface area contributed by atoms with E-state index < -0.39 is 23.8 Å². The number of hydrogen-bond donors (Lipinski definition) is 4. The first-order valence-electron chi connectivity index (χ1n) is 3.77. The normalized spacial score (nSPS) is 42.6. The highest BCUT2D eigenvalue weighted by Crippen LogP contribution is 2.28. The summed E-state index contributed by atoms with van der Waals surface area (Å²) < 4.78 is 0. The van der Waals surface area contributed by atoms with Gasteiger partial charge in [0.1, 0.15) is 0 Å². The van der Waals surface area contributed by atoms with E-state index in [9.17, 15) is 9.90 Å². The van der Waals surface area contributed by atoms with E-state index >= 15 is 0 Å². The van der Waals surface area contributed by atoms with Crippen molar-refractivity contribution in [3.63, 3.8) is 0 Å². The highest BCUT2D eigenvalue weighted by Gasteiger charge is 2.43. The number of carbonyl (C=O) groups is 1. The van der Waals surface area contributed by atoms with Gasteiger partial charge in [0.25, 0.3) is 0 Å². The van der Waals surface area contributed by atoms with Gasteiger partial charge in [-0.2, -0.15) is 0 Å². The molecule has 3 atom stereocenters. The second kappa shape index (κ2) is 3.01. The van der Waals surface area contributed by atoms with Crippen molar-refractivity contribution in [2.45, 2.75) is 37.1 Å². The monoisotopic (exact) mass is 176 g/mol. The molecule has 0 heterocycles. The van der Waals surface area contributed by atoms with Crippen molar-refractivity contribution in [3.05, 3.63) is 0 Å². The Bertz CT molecular complexity index is 192. The topological polar surface area (TPSA) is 98.0 Å². The van der Waals surface area contributed by atoms with E-state index in [1.807, 2.05) is 0 Å². The van der Waals surface area contributed by atoms with Gasteiger partial charge in [-0.25, -0.2) is 4.79 Å². The van der Waals surface area contributed by atoms with E-state index in [0.29, 0.717) is 0 Å². The summed E-state index contributed by atoms with van der Waals surface area (Å²) >= 11 is 0. The first-order valence-corrected chi connectivity index (χ1v) is 3.77. The highest BCUT2D eigenvalue weighted by molar-refractivity contribution is 5.77. The molecule has 1 aliphatic rings. The predicted octanol–water partition coefficient (Wildman–Crippen LogP) is -1.29. The summed E-state index contributed by atoms with van der Waals surface area (Å²) in [5.41, 5.74) is -1.86. The zero-order valence-electron chi connectivity index (χ0n) is 6.47. The quantitative estimate of drug-likeness (QED) is 0.398. The summed E-state index contributed by atoms with van der Waals surface area (Å²) in [7, 11) is 0. The minimum atomic E-state index is -1.86. The fraction of sp³-hybridized carbons (Fsp3) is 0.857. The molecule has 0 amide bonds. The molecule has 0 aliphatic heterocycles. The Morgan fingerprint density at radius 2 is 1.92 bits per heavy atom. The van der Waals surface area contributed by atoms with Crippen molar-refractivity contribution in [3.8, 4) is 0 Å². The van der Waals surface area contributed by atoms with Crippen LogP contribution in [-0.2, 0) is 4.79 Å². The second-order valence-corrected chi connectivity index (χ2v) is 3.21. The van der Waals surface area contributed by atoms with Crippen molar-refractivity contribution in [1.82, 2.24) is 0 Å². The van der Waals surface area contributed by atoms with Crippen LogP contribution < -0.4 is 0 Å². The molecule has 0 saturated heterocycles. The number of rotatable bonds is 1. The van der Waals surface area contributed by atoms with Crippen LogP contribution in [0.4, 0.5) is 0 Å². The average Bonchev–Trinajstić information content (AvgIpc) is 1.97. The molecule has 1 aliphatic carbocycles. The molecule has 5 nitrogen and oxygen atoms in total. The van der Waals surface area contributed by atoms with Gasteiger partial charge in [0.05, 0.1) is 12.2 Å². The third kappa shape index (κ3) is 1.57. The van der Waals surface area contributed by atoms with Crippen molar-refractivity contribution in [1.29, 1.82) is 0 Å². The zero-order chi connectivity index (χ0) is 9.35. The van der Waals surface area contributed by atoms with E-state index in [1.54, 1.807) is 0 Å². The third-order valence-corrected chi connectivity index (χ3v) is 2.24. The van der Waals surface area contributed by atoms with E-state index in [-0.39, 0.29) is 19.3 Å². The molecule has 0 aromatic heterocycles. The Balaban J connectivity index is 2.66. The molecule has 70 valence electrons. The van der Waals surface area contributed by atoms with Crippen LogP contribution in [0.5, 0.6) is 0 Å². The van der Waals surface area contributed by atoms with E-state index in [0.717, 1.165) is 0 Å². The second-order valence-electron chi connectivity index (χ2n) is 3.21. The minimum Gasteiger partial charge on any atom is -0.479 e. The lowest BCUT2D eigenvalue weighted by Gasteiger charge is -2.33. The van der Waals surface area contributed by atoms with Gasteiger partial charge in [-0.1, -0.05) is 0 Å². The number of carboxylic acid groups (broad SMARTS) is 1. The van der Waals surface area contributed by atoms with Crippen molar-refractivity contribution < 1.29 is 25.2 Å². The fourth-order valence-corrected chi connectivity index (χ4v) is 1.36. The van der Waals surface area contributed by atoms with Crippen LogP contribution in [0.1, 0.15) is 19.3 Å². The largest absolute Gasteiger partial charge is 0.479 e. The Morgan fingerprint density at radius 1 is 1.33 bits per heavy atom. The number of aliphatic hydroxyl groups is 3. The predicted molar refractivity (Wildman–Crippen MR) is 38.5 cm³/mol. The van der Waals surface area contributed by atoms with Crippen LogP contribution >= 0.6 is 0 Å². The molecule has 1 saturated carbocycles. The smallest absolute Gasteiger partial charge is 0.335 e. The van der Waals surface area contributed by atoms with Crippen molar-refractivity contribution in [2.75, 3.05) is 0 Å². The number of aliphatic hydroxyl groups excluding tert-OH is 2. The first-order chi connectivity index (χ1) is 5.46. The van der Waals surface area contributed by atoms with Gasteiger partial charge in [0, 0.05) is 6.42 Å². The average molecular weight is 176 g/mol. The number of hydrogen-bond acceptors (Lipinski definition) is 4. The molecule has 1 rings (SSSR count). The molecule has 0 aromatic rings. The van der Waals surface area contributed by atoms with Crippen LogP contribution in [0.25, 0.3) is 0 Å². The highest BCUT2D eigenvalue weighted by atomic mass is 16.4. The molecule has 5 heteroatoms. The van der Waals surface area contributed by atoms with Crippen molar-refractivity contribution >= 4 is 5.97 Å². The van der Waals surface area contributed by atoms with Gasteiger partial charge in [-0.3, -0.25) is 0 Å². The fourth-order valence-electron chi connectivity index (χ4n) is 1.36. The van der Waals surface area contributed by atoms with Crippen LogP contribution in [0, 0.1) is 0 Å². The molecule has 4 N–H and O–H groups in total. The van der Waals surface area contributed by atoms with E-state index in [1.165, 1.54) is 0 Å². The third-order valence-electron chi connectivity index (χ3n) is 2.24. The first kappa shape index (κ1) is 9.44. The minimum absolute atomic E-state index is 0.0133. The van der Waals surface area contributed by atoms with Crippen LogP contribution in [-0.4, -0.2) is 44.2 Å². The van der Waals surface area contributed by atoms with E-state index in [4.69, 9.17) is 15.3 Å². The van der Waals surface area contributed by atoms with Crippen LogP contribution in [0.3, 0.4) is 0 Å². The Morgan fingerprint density at radius 3 is 2.33 bits per heavy atom.